The van der Waals surface area contributed by atoms with Crippen LogP contribution in [0.25, 0.3) is 22.3 Å². The van der Waals surface area contributed by atoms with Crippen molar-refractivity contribution in [3.05, 3.63) is 156 Å². The van der Waals surface area contributed by atoms with Crippen molar-refractivity contribution in [3.8, 4) is 22.3 Å². The fourth-order valence-electron chi connectivity index (χ4n) is 4.69. The standard InChI is InChI=1S/C32H26O2/c33-31(26-18-8-3-9-19-26)32(34,29-22-12-10-20-27(29)24-14-4-1-5-15-24)30-23-13-11-21-28(30)25-16-6-2-7-17-25/h1-23,31,33-34H/t31-/m0/s1. The highest BCUT2D eigenvalue weighted by Crippen LogP contribution is 2.47. The third-order valence-electron chi connectivity index (χ3n) is 6.36. The Morgan fingerprint density at radius 1 is 0.441 bits per heavy atom. The van der Waals surface area contributed by atoms with Crippen LogP contribution in [0.5, 0.6) is 0 Å². The molecule has 0 saturated carbocycles. The van der Waals surface area contributed by atoms with Gasteiger partial charge in [-0.1, -0.05) is 140 Å². The van der Waals surface area contributed by atoms with Gasteiger partial charge in [0.15, 0.2) is 0 Å². The quantitative estimate of drug-likeness (QED) is 0.297. The van der Waals surface area contributed by atoms with E-state index in [9.17, 15) is 10.2 Å². The van der Waals surface area contributed by atoms with Gasteiger partial charge in [0.2, 0.25) is 0 Å². The van der Waals surface area contributed by atoms with Crippen molar-refractivity contribution >= 4 is 0 Å². The number of benzene rings is 5. The van der Waals surface area contributed by atoms with E-state index in [0.29, 0.717) is 16.7 Å². The third-order valence-corrected chi connectivity index (χ3v) is 6.36. The lowest BCUT2D eigenvalue weighted by atomic mass is 9.74. The normalized spacial score (nSPS) is 12.3. The molecule has 0 amide bonds. The highest BCUT2D eigenvalue weighted by atomic mass is 16.3. The van der Waals surface area contributed by atoms with Gasteiger partial charge in [-0.05, 0) is 38.9 Å². The molecule has 2 nitrogen and oxygen atoms in total. The molecule has 166 valence electrons. The van der Waals surface area contributed by atoms with Crippen molar-refractivity contribution in [1.82, 2.24) is 0 Å². The molecule has 0 heterocycles. The van der Waals surface area contributed by atoms with Crippen molar-refractivity contribution in [3.63, 3.8) is 0 Å². The van der Waals surface area contributed by atoms with E-state index in [1.165, 1.54) is 0 Å². The summed E-state index contributed by atoms with van der Waals surface area (Å²) in [5.74, 6) is 0. The van der Waals surface area contributed by atoms with E-state index >= 15 is 0 Å². The Morgan fingerprint density at radius 3 is 1.24 bits per heavy atom. The molecule has 2 N–H and O–H groups in total. The Morgan fingerprint density at radius 2 is 0.794 bits per heavy atom. The zero-order valence-corrected chi connectivity index (χ0v) is 18.8. The van der Waals surface area contributed by atoms with Crippen LogP contribution in [0.3, 0.4) is 0 Å². The van der Waals surface area contributed by atoms with Crippen molar-refractivity contribution in [2.75, 3.05) is 0 Å². The summed E-state index contributed by atoms with van der Waals surface area (Å²) in [6.45, 7) is 0. The number of aliphatic hydroxyl groups excluding tert-OH is 1. The largest absolute Gasteiger partial charge is 0.385 e. The van der Waals surface area contributed by atoms with Crippen LogP contribution in [-0.4, -0.2) is 10.2 Å². The molecule has 0 radical (unpaired) electrons. The fourth-order valence-corrected chi connectivity index (χ4v) is 4.69. The van der Waals surface area contributed by atoms with E-state index in [-0.39, 0.29) is 0 Å². The molecule has 5 aromatic carbocycles. The van der Waals surface area contributed by atoms with Gasteiger partial charge < -0.3 is 10.2 Å². The average Bonchev–Trinajstić information content (AvgIpc) is 2.93. The van der Waals surface area contributed by atoms with Gasteiger partial charge in [-0.15, -0.1) is 0 Å². The molecule has 0 spiro atoms. The van der Waals surface area contributed by atoms with Gasteiger partial charge in [-0.2, -0.15) is 0 Å². The minimum absolute atomic E-state index is 0.649. The Bertz CT molecular complexity index is 1280. The second kappa shape index (κ2) is 9.48. The lowest BCUT2D eigenvalue weighted by molar-refractivity contribution is -0.0509. The summed E-state index contributed by atoms with van der Waals surface area (Å²) in [4.78, 5) is 0. The Kier molecular flexibility index (Phi) is 6.09. The molecular weight excluding hydrogens is 416 g/mol. The number of hydrogen-bond acceptors (Lipinski definition) is 2. The first-order chi connectivity index (χ1) is 16.7. The third kappa shape index (κ3) is 3.94. The smallest absolute Gasteiger partial charge is 0.146 e. The zero-order valence-electron chi connectivity index (χ0n) is 18.8. The molecule has 0 bridgehead atoms. The van der Waals surface area contributed by atoms with Crippen molar-refractivity contribution in [2.45, 2.75) is 11.7 Å². The van der Waals surface area contributed by atoms with Crippen LogP contribution >= 0.6 is 0 Å². The number of hydrogen-bond donors (Lipinski definition) is 2. The van der Waals surface area contributed by atoms with Crippen LogP contribution in [0.15, 0.2) is 140 Å². The molecule has 0 saturated heterocycles. The fraction of sp³-hybridized carbons (Fsp3) is 0.0625. The van der Waals surface area contributed by atoms with Gasteiger partial charge in [0.25, 0.3) is 0 Å². The number of aliphatic hydroxyl groups is 2. The summed E-state index contributed by atoms with van der Waals surface area (Å²) in [7, 11) is 0. The molecule has 0 aliphatic rings. The first kappa shape index (κ1) is 21.8. The zero-order chi connectivity index (χ0) is 23.4. The predicted octanol–water partition coefficient (Wildman–Crippen LogP) is 6.99. The topological polar surface area (TPSA) is 40.5 Å². The lowest BCUT2D eigenvalue weighted by Crippen LogP contribution is -2.36. The summed E-state index contributed by atoms with van der Waals surface area (Å²) in [6, 6.07) is 44.9. The maximum Gasteiger partial charge on any atom is 0.146 e. The van der Waals surface area contributed by atoms with Crippen LogP contribution in [-0.2, 0) is 5.60 Å². The van der Waals surface area contributed by atoms with E-state index in [1.54, 1.807) is 0 Å². The van der Waals surface area contributed by atoms with E-state index in [1.807, 2.05) is 140 Å². The molecule has 34 heavy (non-hydrogen) atoms. The first-order valence-electron chi connectivity index (χ1n) is 11.4. The van der Waals surface area contributed by atoms with Crippen LogP contribution in [0.4, 0.5) is 0 Å². The Hall–Kier alpha value is -3.98. The highest BCUT2D eigenvalue weighted by Gasteiger charge is 2.43. The minimum Gasteiger partial charge on any atom is -0.385 e. The summed E-state index contributed by atoms with van der Waals surface area (Å²) >= 11 is 0. The van der Waals surface area contributed by atoms with Crippen molar-refractivity contribution in [1.29, 1.82) is 0 Å². The summed E-state index contributed by atoms with van der Waals surface area (Å²) in [5, 5.41) is 24.5. The van der Waals surface area contributed by atoms with Gasteiger partial charge in [-0.25, -0.2) is 0 Å². The second-order valence-electron chi connectivity index (χ2n) is 8.40. The lowest BCUT2D eigenvalue weighted by Gasteiger charge is -2.37. The van der Waals surface area contributed by atoms with Crippen molar-refractivity contribution in [2.24, 2.45) is 0 Å². The van der Waals surface area contributed by atoms with Gasteiger partial charge in [-0.3, -0.25) is 0 Å². The summed E-state index contributed by atoms with van der Waals surface area (Å²) < 4.78 is 0. The van der Waals surface area contributed by atoms with E-state index < -0.39 is 11.7 Å². The van der Waals surface area contributed by atoms with Gasteiger partial charge >= 0.3 is 0 Å². The van der Waals surface area contributed by atoms with Gasteiger partial charge in [0.1, 0.15) is 11.7 Å². The van der Waals surface area contributed by atoms with Crippen LogP contribution in [0.2, 0.25) is 0 Å². The SMILES string of the molecule is O[C@@H](c1ccccc1)C(O)(c1ccccc1-c1ccccc1)c1ccccc1-c1ccccc1. The van der Waals surface area contributed by atoms with Crippen LogP contribution in [0.1, 0.15) is 22.8 Å². The number of rotatable bonds is 6. The summed E-state index contributed by atoms with van der Waals surface area (Å²) in [5.41, 5.74) is 3.97. The van der Waals surface area contributed by atoms with Crippen molar-refractivity contribution < 1.29 is 10.2 Å². The molecule has 0 aliphatic heterocycles. The highest BCUT2D eigenvalue weighted by molar-refractivity contribution is 5.74. The maximum atomic E-state index is 12.7. The van der Waals surface area contributed by atoms with E-state index in [2.05, 4.69) is 0 Å². The summed E-state index contributed by atoms with van der Waals surface area (Å²) in [6.07, 6.45) is -1.19. The predicted molar refractivity (Wildman–Crippen MR) is 138 cm³/mol. The molecule has 2 heteroatoms. The average molecular weight is 443 g/mol. The molecule has 1 atom stereocenters. The van der Waals surface area contributed by atoms with E-state index in [0.717, 1.165) is 22.3 Å². The molecule has 5 aromatic rings. The van der Waals surface area contributed by atoms with Crippen LogP contribution in [0, 0.1) is 0 Å². The van der Waals surface area contributed by atoms with E-state index in [4.69, 9.17) is 0 Å². The molecule has 5 rings (SSSR count). The van der Waals surface area contributed by atoms with Gasteiger partial charge in [0.05, 0.1) is 0 Å². The maximum absolute atomic E-state index is 12.7. The second-order valence-corrected chi connectivity index (χ2v) is 8.40. The van der Waals surface area contributed by atoms with Gasteiger partial charge in [0, 0.05) is 0 Å². The molecule has 0 fully saturated rings. The van der Waals surface area contributed by atoms with Crippen LogP contribution < -0.4 is 0 Å². The molecule has 0 unspecified atom stereocenters. The first-order valence-corrected chi connectivity index (χ1v) is 11.4. The monoisotopic (exact) mass is 442 g/mol. The molecule has 0 aliphatic carbocycles. The Balaban J connectivity index is 1.81. The minimum atomic E-state index is -1.71. The Labute approximate surface area is 200 Å². The molecule has 0 aromatic heterocycles. The molecular formula is C32H26O2.